The van der Waals surface area contributed by atoms with Crippen LogP contribution in [0, 0.1) is 11.6 Å². The predicted octanol–water partition coefficient (Wildman–Crippen LogP) is 2.15. The maximum absolute atomic E-state index is 13.1. The van der Waals surface area contributed by atoms with E-state index >= 15 is 0 Å². The Hall–Kier alpha value is -2.80. The van der Waals surface area contributed by atoms with Crippen molar-refractivity contribution < 1.29 is 18.4 Å². The predicted molar refractivity (Wildman–Crippen MR) is 90.8 cm³/mol. The van der Waals surface area contributed by atoms with Crippen molar-refractivity contribution >= 4 is 17.5 Å². The van der Waals surface area contributed by atoms with Gasteiger partial charge in [0.15, 0.2) is 11.6 Å². The topological polar surface area (TPSA) is 61.4 Å². The molecule has 7 heteroatoms. The molecular formula is C18H19F2N3O2. The van der Waals surface area contributed by atoms with Gasteiger partial charge in [-0.05, 0) is 24.7 Å². The van der Waals surface area contributed by atoms with Gasteiger partial charge >= 0.3 is 0 Å². The molecule has 0 spiro atoms. The summed E-state index contributed by atoms with van der Waals surface area (Å²) in [5.41, 5.74) is 1.20. The van der Waals surface area contributed by atoms with Gasteiger partial charge in [0.25, 0.3) is 0 Å². The van der Waals surface area contributed by atoms with E-state index in [1.54, 1.807) is 7.05 Å². The minimum absolute atomic E-state index is 0.124. The van der Waals surface area contributed by atoms with Crippen LogP contribution in [-0.2, 0) is 16.1 Å². The molecule has 0 aliphatic rings. The summed E-state index contributed by atoms with van der Waals surface area (Å²) in [7, 11) is 1.80. The number of likely N-dealkylation sites (N-methyl/N-ethyl adjacent to an activating group) is 1. The van der Waals surface area contributed by atoms with Crippen molar-refractivity contribution in [3.8, 4) is 0 Å². The van der Waals surface area contributed by atoms with Gasteiger partial charge in [0.1, 0.15) is 0 Å². The monoisotopic (exact) mass is 347 g/mol. The van der Waals surface area contributed by atoms with Crippen LogP contribution >= 0.6 is 0 Å². The van der Waals surface area contributed by atoms with E-state index in [9.17, 15) is 18.4 Å². The molecule has 2 rings (SSSR count). The molecule has 0 heterocycles. The summed E-state index contributed by atoms with van der Waals surface area (Å²) in [6.45, 7) is 0.486. The second kappa shape index (κ2) is 8.89. The zero-order chi connectivity index (χ0) is 18.2. The lowest BCUT2D eigenvalue weighted by Crippen LogP contribution is -2.39. The summed E-state index contributed by atoms with van der Waals surface area (Å²) in [4.78, 5) is 25.4. The molecule has 0 radical (unpaired) electrons. The number of anilines is 1. The molecule has 25 heavy (non-hydrogen) atoms. The van der Waals surface area contributed by atoms with E-state index in [0.29, 0.717) is 6.54 Å². The number of hydrogen-bond acceptors (Lipinski definition) is 3. The Labute approximate surface area is 144 Å². The minimum atomic E-state index is -1.05. The van der Waals surface area contributed by atoms with Gasteiger partial charge in [-0.3, -0.25) is 14.5 Å². The van der Waals surface area contributed by atoms with Crippen molar-refractivity contribution in [2.45, 2.75) is 6.54 Å². The van der Waals surface area contributed by atoms with Crippen molar-refractivity contribution in [2.24, 2.45) is 0 Å². The van der Waals surface area contributed by atoms with E-state index in [-0.39, 0.29) is 24.7 Å². The molecule has 2 N–H and O–H groups in total. The van der Waals surface area contributed by atoms with Crippen molar-refractivity contribution in [1.82, 2.24) is 10.2 Å². The number of hydrogen-bond donors (Lipinski definition) is 2. The van der Waals surface area contributed by atoms with Crippen LogP contribution in [0.25, 0.3) is 0 Å². The molecule has 2 amide bonds. The van der Waals surface area contributed by atoms with Crippen LogP contribution in [0.4, 0.5) is 14.5 Å². The molecule has 2 aromatic carbocycles. The number of amides is 2. The van der Waals surface area contributed by atoms with E-state index < -0.39 is 17.5 Å². The first-order chi connectivity index (χ1) is 11.9. The summed E-state index contributed by atoms with van der Waals surface area (Å²) in [5, 5.41) is 4.87. The highest BCUT2D eigenvalue weighted by atomic mass is 19.2. The van der Waals surface area contributed by atoms with Crippen LogP contribution in [0.2, 0.25) is 0 Å². The van der Waals surface area contributed by atoms with Crippen LogP contribution in [-0.4, -0.2) is 36.9 Å². The van der Waals surface area contributed by atoms with Crippen molar-refractivity contribution in [3.05, 3.63) is 65.7 Å². The molecule has 2 aromatic rings. The fraction of sp³-hybridized carbons (Fsp3) is 0.222. The molecule has 5 nitrogen and oxygen atoms in total. The Morgan fingerprint density at radius 2 is 1.72 bits per heavy atom. The van der Waals surface area contributed by atoms with Crippen LogP contribution in [0.5, 0.6) is 0 Å². The summed E-state index contributed by atoms with van der Waals surface area (Å²) in [5.74, 6) is -2.87. The lowest BCUT2D eigenvalue weighted by molar-refractivity contribution is -0.124. The standard InChI is InChI=1S/C18H19F2N3O2/c1-23(11-13-5-3-2-4-6-13)12-18(25)21-10-17(24)22-14-7-8-15(19)16(20)9-14/h2-9H,10-12H2,1H3,(H,21,25)(H,22,24). The smallest absolute Gasteiger partial charge is 0.243 e. The number of rotatable bonds is 7. The first kappa shape index (κ1) is 18.5. The minimum Gasteiger partial charge on any atom is -0.346 e. The van der Waals surface area contributed by atoms with Gasteiger partial charge in [0.2, 0.25) is 11.8 Å². The van der Waals surface area contributed by atoms with Gasteiger partial charge in [-0.25, -0.2) is 8.78 Å². The summed E-state index contributed by atoms with van der Waals surface area (Å²) < 4.78 is 25.9. The van der Waals surface area contributed by atoms with E-state index in [2.05, 4.69) is 10.6 Å². The maximum atomic E-state index is 13.1. The SMILES string of the molecule is CN(CC(=O)NCC(=O)Nc1ccc(F)c(F)c1)Cc1ccccc1. The van der Waals surface area contributed by atoms with Gasteiger partial charge in [0, 0.05) is 18.3 Å². The molecule has 0 aliphatic heterocycles. The number of nitrogens with one attached hydrogen (secondary N) is 2. The van der Waals surface area contributed by atoms with Gasteiger partial charge in [0.05, 0.1) is 13.1 Å². The Morgan fingerprint density at radius 3 is 2.40 bits per heavy atom. The van der Waals surface area contributed by atoms with Crippen molar-refractivity contribution in [3.63, 3.8) is 0 Å². The second-order valence-electron chi connectivity index (χ2n) is 5.61. The normalized spacial score (nSPS) is 10.6. The Bertz CT molecular complexity index is 738. The number of carbonyl (C=O) groups excluding carboxylic acids is 2. The van der Waals surface area contributed by atoms with Gasteiger partial charge in [-0.1, -0.05) is 30.3 Å². The second-order valence-corrected chi connectivity index (χ2v) is 5.61. The first-order valence-corrected chi connectivity index (χ1v) is 7.68. The van der Waals surface area contributed by atoms with Gasteiger partial charge in [-0.2, -0.15) is 0 Å². The average Bonchev–Trinajstić information content (AvgIpc) is 2.57. The molecule has 0 unspecified atom stereocenters. The Kier molecular flexibility index (Phi) is 6.59. The summed E-state index contributed by atoms with van der Waals surface area (Å²) in [6, 6.07) is 12.7. The highest BCUT2D eigenvalue weighted by molar-refractivity contribution is 5.94. The Morgan fingerprint density at radius 1 is 1.00 bits per heavy atom. The largest absolute Gasteiger partial charge is 0.346 e. The van der Waals surface area contributed by atoms with Crippen LogP contribution in [0.3, 0.4) is 0 Å². The highest BCUT2D eigenvalue weighted by Crippen LogP contribution is 2.12. The molecule has 132 valence electrons. The molecule has 0 fully saturated rings. The molecule has 0 atom stereocenters. The van der Waals surface area contributed by atoms with Gasteiger partial charge in [-0.15, -0.1) is 0 Å². The van der Waals surface area contributed by atoms with E-state index in [1.165, 1.54) is 6.07 Å². The number of carbonyl (C=O) groups is 2. The average molecular weight is 347 g/mol. The quantitative estimate of drug-likeness (QED) is 0.807. The van der Waals surface area contributed by atoms with Crippen LogP contribution in [0.15, 0.2) is 48.5 Å². The van der Waals surface area contributed by atoms with Crippen LogP contribution in [0.1, 0.15) is 5.56 Å². The number of nitrogens with zero attached hydrogens (tertiary/aromatic N) is 1. The summed E-state index contributed by atoms with van der Waals surface area (Å²) >= 11 is 0. The first-order valence-electron chi connectivity index (χ1n) is 7.68. The fourth-order valence-electron chi connectivity index (χ4n) is 2.21. The van der Waals surface area contributed by atoms with E-state index in [4.69, 9.17) is 0 Å². The lowest BCUT2D eigenvalue weighted by atomic mass is 10.2. The number of benzene rings is 2. The van der Waals surface area contributed by atoms with Crippen molar-refractivity contribution in [1.29, 1.82) is 0 Å². The molecule has 0 bridgehead atoms. The molecule has 0 aliphatic carbocycles. The highest BCUT2D eigenvalue weighted by Gasteiger charge is 2.10. The molecule has 0 saturated heterocycles. The molecular weight excluding hydrogens is 328 g/mol. The van der Waals surface area contributed by atoms with Crippen molar-refractivity contribution in [2.75, 3.05) is 25.5 Å². The third-order valence-electron chi connectivity index (χ3n) is 3.36. The van der Waals surface area contributed by atoms with Crippen LogP contribution < -0.4 is 10.6 Å². The third-order valence-corrected chi connectivity index (χ3v) is 3.36. The zero-order valence-corrected chi connectivity index (χ0v) is 13.8. The lowest BCUT2D eigenvalue weighted by Gasteiger charge is -2.16. The van der Waals surface area contributed by atoms with E-state index in [0.717, 1.165) is 17.7 Å². The van der Waals surface area contributed by atoms with E-state index in [1.807, 2.05) is 35.2 Å². The number of halogens is 2. The molecule has 0 saturated carbocycles. The fourth-order valence-corrected chi connectivity index (χ4v) is 2.21. The third kappa shape index (κ3) is 6.31. The summed E-state index contributed by atoms with van der Waals surface area (Å²) in [6.07, 6.45) is 0. The maximum Gasteiger partial charge on any atom is 0.243 e. The molecule has 0 aromatic heterocycles. The Balaban J connectivity index is 1.73. The zero-order valence-electron chi connectivity index (χ0n) is 13.8. The van der Waals surface area contributed by atoms with Gasteiger partial charge < -0.3 is 10.6 Å².